The van der Waals surface area contributed by atoms with Crippen molar-refractivity contribution < 1.29 is 9.53 Å². The molecule has 0 aromatic rings. The number of rotatable bonds is 6. The number of amides is 1. The summed E-state index contributed by atoms with van der Waals surface area (Å²) in [6.45, 7) is 3.82. The highest BCUT2D eigenvalue weighted by atomic mass is 16.5. The number of nitrogens with two attached hydrogens (primary N) is 1. The van der Waals surface area contributed by atoms with E-state index in [2.05, 4.69) is 4.90 Å². The van der Waals surface area contributed by atoms with E-state index in [1.807, 2.05) is 4.90 Å². The van der Waals surface area contributed by atoms with Gasteiger partial charge in [-0.05, 0) is 25.7 Å². The molecule has 1 saturated carbocycles. The molecule has 0 radical (unpaired) electrons. The smallest absolute Gasteiger partial charge is 0.237 e. The van der Waals surface area contributed by atoms with E-state index in [1.54, 1.807) is 7.11 Å². The molecule has 2 rings (SSSR count). The lowest BCUT2D eigenvalue weighted by atomic mass is 10.1. The molecule has 0 aromatic carbocycles. The Morgan fingerprint density at radius 3 is 2.56 bits per heavy atom. The topological polar surface area (TPSA) is 58.8 Å². The maximum atomic E-state index is 12.3. The molecule has 0 bridgehead atoms. The predicted octanol–water partition coefficient (Wildman–Crippen LogP) is 0.0469. The van der Waals surface area contributed by atoms with Crippen molar-refractivity contribution in [3.8, 4) is 0 Å². The summed E-state index contributed by atoms with van der Waals surface area (Å²) in [6.07, 6.45) is 4.32. The van der Waals surface area contributed by atoms with Crippen LogP contribution >= 0.6 is 0 Å². The number of carbonyl (C=O) groups excluding carboxylic acids is 1. The van der Waals surface area contributed by atoms with E-state index in [1.165, 1.54) is 0 Å². The summed E-state index contributed by atoms with van der Waals surface area (Å²) >= 11 is 0. The molecule has 2 N–H and O–H groups in total. The molecule has 18 heavy (non-hydrogen) atoms. The normalized spacial score (nSPS) is 22.1. The Bertz CT molecular complexity index is 273. The Kier molecular flexibility index (Phi) is 4.97. The minimum atomic E-state index is 0.255. The van der Waals surface area contributed by atoms with Crippen molar-refractivity contribution in [1.82, 2.24) is 9.80 Å². The maximum Gasteiger partial charge on any atom is 0.237 e. The highest BCUT2D eigenvalue weighted by Gasteiger charge is 2.33. The molecule has 1 heterocycles. The standard InChI is InChI=1S/C13H25N3O2/c1-18-9-8-16(12-2-3-12)13(17)10-15-6-4-11(14)5-7-15/h11-12H,2-10,14H2,1H3. The van der Waals surface area contributed by atoms with Crippen molar-refractivity contribution in [2.24, 2.45) is 5.73 Å². The predicted molar refractivity (Wildman–Crippen MR) is 70.3 cm³/mol. The molecule has 0 spiro atoms. The van der Waals surface area contributed by atoms with Crippen LogP contribution in [-0.2, 0) is 9.53 Å². The second kappa shape index (κ2) is 6.50. The quantitative estimate of drug-likeness (QED) is 0.728. The molecule has 5 heteroatoms. The van der Waals surface area contributed by atoms with Crippen molar-refractivity contribution in [3.05, 3.63) is 0 Å². The fourth-order valence-electron chi connectivity index (χ4n) is 2.48. The summed E-state index contributed by atoms with van der Waals surface area (Å²) in [6, 6.07) is 0.795. The van der Waals surface area contributed by atoms with Crippen LogP contribution in [0, 0.1) is 0 Å². The highest BCUT2D eigenvalue weighted by Crippen LogP contribution is 2.26. The first-order valence-electron chi connectivity index (χ1n) is 6.97. The van der Waals surface area contributed by atoms with Gasteiger partial charge in [0.25, 0.3) is 0 Å². The Balaban J connectivity index is 1.77. The summed E-state index contributed by atoms with van der Waals surface area (Å²) in [5.74, 6) is 0.255. The number of piperidine rings is 1. The fraction of sp³-hybridized carbons (Fsp3) is 0.923. The average molecular weight is 255 g/mol. The average Bonchev–Trinajstić information content (AvgIpc) is 3.17. The Labute approximate surface area is 109 Å². The van der Waals surface area contributed by atoms with E-state index < -0.39 is 0 Å². The van der Waals surface area contributed by atoms with Gasteiger partial charge in [0.05, 0.1) is 13.2 Å². The monoisotopic (exact) mass is 255 g/mol. The zero-order chi connectivity index (χ0) is 13.0. The first-order chi connectivity index (χ1) is 8.70. The van der Waals surface area contributed by atoms with E-state index in [0.717, 1.165) is 45.3 Å². The van der Waals surface area contributed by atoms with Crippen LogP contribution in [0.3, 0.4) is 0 Å². The molecule has 1 aliphatic heterocycles. The van der Waals surface area contributed by atoms with Crippen LogP contribution in [-0.4, -0.2) is 67.7 Å². The summed E-state index contributed by atoms with van der Waals surface area (Å²) in [5, 5.41) is 0. The minimum absolute atomic E-state index is 0.255. The van der Waals surface area contributed by atoms with Crippen molar-refractivity contribution >= 4 is 5.91 Å². The van der Waals surface area contributed by atoms with Gasteiger partial charge >= 0.3 is 0 Å². The molecular formula is C13H25N3O2. The van der Waals surface area contributed by atoms with Gasteiger partial charge in [-0.2, -0.15) is 0 Å². The molecule has 0 aromatic heterocycles. The van der Waals surface area contributed by atoms with E-state index in [0.29, 0.717) is 25.2 Å². The molecule has 1 saturated heterocycles. The zero-order valence-corrected chi connectivity index (χ0v) is 11.3. The molecule has 2 fully saturated rings. The van der Waals surface area contributed by atoms with Crippen molar-refractivity contribution in [2.75, 3.05) is 39.9 Å². The van der Waals surface area contributed by atoms with Crippen LogP contribution in [0.2, 0.25) is 0 Å². The van der Waals surface area contributed by atoms with Gasteiger partial charge in [-0.25, -0.2) is 0 Å². The third-order valence-corrected chi connectivity index (χ3v) is 3.84. The first kappa shape index (κ1) is 13.8. The van der Waals surface area contributed by atoms with Crippen LogP contribution < -0.4 is 5.73 Å². The van der Waals surface area contributed by atoms with Gasteiger partial charge in [-0.1, -0.05) is 0 Å². The second-order valence-electron chi connectivity index (χ2n) is 5.42. The minimum Gasteiger partial charge on any atom is -0.383 e. The summed E-state index contributed by atoms with van der Waals surface area (Å²) in [7, 11) is 1.68. The highest BCUT2D eigenvalue weighted by molar-refractivity contribution is 5.79. The largest absolute Gasteiger partial charge is 0.383 e. The van der Waals surface area contributed by atoms with Crippen molar-refractivity contribution in [3.63, 3.8) is 0 Å². The lowest BCUT2D eigenvalue weighted by molar-refractivity contribution is -0.133. The third kappa shape index (κ3) is 3.93. The van der Waals surface area contributed by atoms with Crippen LogP contribution in [0.1, 0.15) is 25.7 Å². The molecule has 1 aliphatic carbocycles. The van der Waals surface area contributed by atoms with Crippen LogP contribution in [0.5, 0.6) is 0 Å². The molecule has 0 atom stereocenters. The number of carbonyl (C=O) groups is 1. The van der Waals surface area contributed by atoms with Crippen molar-refractivity contribution in [1.29, 1.82) is 0 Å². The van der Waals surface area contributed by atoms with Gasteiger partial charge in [0.2, 0.25) is 5.91 Å². The molecule has 5 nitrogen and oxygen atoms in total. The number of hydrogen-bond donors (Lipinski definition) is 1. The Morgan fingerprint density at radius 2 is 2.00 bits per heavy atom. The van der Waals surface area contributed by atoms with Crippen LogP contribution in [0.25, 0.3) is 0 Å². The van der Waals surface area contributed by atoms with Crippen molar-refractivity contribution in [2.45, 2.75) is 37.8 Å². The Hall–Kier alpha value is -0.650. The SMILES string of the molecule is COCCN(C(=O)CN1CCC(N)CC1)C1CC1. The summed E-state index contributed by atoms with van der Waals surface area (Å²) in [5.41, 5.74) is 5.87. The Morgan fingerprint density at radius 1 is 1.33 bits per heavy atom. The van der Waals surface area contributed by atoms with E-state index >= 15 is 0 Å². The van der Waals surface area contributed by atoms with E-state index in [9.17, 15) is 4.79 Å². The van der Waals surface area contributed by atoms with Gasteiger partial charge in [0.1, 0.15) is 0 Å². The molecule has 104 valence electrons. The van der Waals surface area contributed by atoms with E-state index in [-0.39, 0.29) is 5.91 Å². The van der Waals surface area contributed by atoms with Gasteiger partial charge in [-0.15, -0.1) is 0 Å². The number of likely N-dealkylation sites (tertiary alicyclic amines) is 1. The number of methoxy groups -OCH3 is 1. The number of ether oxygens (including phenoxy) is 1. The lowest BCUT2D eigenvalue weighted by Gasteiger charge is -2.31. The number of hydrogen-bond acceptors (Lipinski definition) is 4. The molecular weight excluding hydrogens is 230 g/mol. The molecule has 1 amide bonds. The molecule has 0 unspecified atom stereocenters. The zero-order valence-electron chi connectivity index (χ0n) is 11.3. The van der Waals surface area contributed by atoms with Gasteiger partial charge in [-0.3, -0.25) is 9.69 Å². The van der Waals surface area contributed by atoms with Gasteiger partial charge < -0.3 is 15.4 Å². The maximum absolute atomic E-state index is 12.3. The lowest BCUT2D eigenvalue weighted by Crippen LogP contribution is -2.47. The number of nitrogens with zero attached hydrogens (tertiary/aromatic N) is 2. The molecule has 2 aliphatic rings. The van der Waals surface area contributed by atoms with Crippen LogP contribution in [0.4, 0.5) is 0 Å². The first-order valence-corrected chi connectivity index (χ1v) is 6.97. The van der Waals surface area contributed by atoms with Crippen LogP contribution in [0.15, 0.2) is 0 Å². The third-order valence-electron chi connectivity index (χ3n) is 3.84. The van der Waals surface area contributed by atoms with Gasteiger partial charge in [0, 0.05) is 38.8 Å². The van der Waals surface area contributed by atoms with Gasteiger partial charge in [0.15, 0.2) is 0 Å². The fourth-order valence-corrected chi connectivity index (χ4v) is 2.48. The summed E-state index contributed by atoms with van der Waals surface area (Å²) in [4.78, 5) is 16.5. The summed E-state index contributed by atoms with van der Waals surface area (Å²) < 4.78 is 5.08. The second-order valence-corrected chi connectivity index (χ2v) is 5.42. The van der Waals surface area contributed by atoms with E-state index in [4.69, 9.17) is 10.5 Å².